The molecule has 5 nitrogen and oxygen atoms in total. The topological polar surface area (TPSA) is 29.4 Å². The molecule has 8 aromatic carbocycles. The largest absolute Gasteiger partial charge is 0.495 e. The second-order valence-corrected chi connectivity index (χ2v) is 13.8. The first-order valence-corrected chi connectivity index (χ1v) is 18.3. The number of aromatic nitrogens is 1. The number of nitrogens with zero attached hydrogens (tertiary/aromatic N) is 3. The van der Waals surface area contributed by atoms with Gasteiger partial charge in [0.1, 0.15) is 11.5 Å². The van der Waals surface area contributed by atoms with E-state index in [0.717, 1.165) is 51.1 Å². The Hall–Kier alpha value is -6.98. The monoisotopic (exact) mass is 699 g/mol. The molecule has 10 rings (SSSR count). The molecule has 5 heteroatoms. The number of fused-ring (bicyclic) bond motifs is 8. The molecule has 0 unspecified atom stereocenters. The van der Waals surface area contributed by atoms with Crippen molar-refractivity contribution in [3.05, 3.63) is 175 Å². The second kappa shape index (κ2) is 12.6. The lowest BCUT2D eigenvalue weighted by Crippen LogP contribution is -2.11. The van der Waals surface area contributed by atoms with E-state index >= 15 is 0 Å². The van der Waals surface area contributed by atoms with Gasteiger partial charge in [-0.2, -0.15) is 0 Å². The third kappa shape index (κ3) is 4.86. The van der Waals surface area contributed by atoms with Crippen LogP contribution in [0.15, 0.2) is 170 Å². The van der Waals surface area contributed by atoms with Crippen molar-refractivity contribution in [3.63, 3.8) is 0 Å². The minimum absolute atomic E-state index is 0.814. The van der Waals surface area contributed by atoms with Crippen LogP contribution in [0.3, 0.4) is 0 Å². The molecule has 0 aliphatic carbocycles. The van der Waals surface area contributed by atoms with E-state index in [1.807, 2.05) is 24.3 Å². The first-order chi connectivity index (χ1) is 26.6. The first-order valence-electron chi connectivity index (χ1n) is 18.3. The number of aryl methyl sites for hydroxylation is 1. The predicted molar refractivity (Wildman–Crippen MR) is 226 cm³/mol. The maximum atomic E-state index is 5.90. The zero-order valence-electron chi connectivity index (χ0n) is 30.3. The van der Waals surface area contributed by atoms with E-state index in [2.05, 4.69) is 167 Å². The summed E-state index contributed by atoms with van der Waals surface area (Å²) >= 11 is 0. The Bertz CT molecular complexity index is 2990. The van der Waals surface area contributed by atoms with Crippen LogP contribution in [0.25, 0.3) is 48.9 Å². The van der Waals surface area contributed by atoms with E-state index in [4.69, 9.17) is 9.47 Å². The Kier molecular flexibility index (Phi) is 7.41. The van der Waals surface area contributed by atoms with Crippen LogP contribution in [0.4, 0.5) is 34.1 Å². The molecule has 260 valence electrons. The van der Waals surface area contributed by atoms with Crippen molar-refractivity contribution in [2.45, 2.75) is 6.92 Å². The summed E-state index contributed by atoms with van der Waals surface area (Å²) in [5.74, 6) is 1.63. The van der Waals surface area contributed by atoms with Gasteiger partial charge in [0.25, 0.3) is 0 Å². The molecule has 0 fully saturated rings. The van der Waals surface area contributed by atoms with E-state index in [9.17, 15) is 0 Å². The van der Waals surface area contributed by atoms with E-state index < -0.39 is 0 Å². The minimum Gasteiger partial charge on any atom is -0.495 e. The Labute approximate surface area is 313 Å². The Morgan fingerprint density at radius 1 is 0.426 bits per heavy atom. The summed E-state index contributed by atoms with van der Waals surface area (Å²) in [6.07, 6.45) is 0. The molecule has 0 saturated carbocycles. The van der Waals surface area contributed by atoms with Gasteiger partial charge in [-0.25, -0.2) is 0 Å². The van der Waals surface area contributed by atoms with Gasteiger partial charge in [-0.1, -0.05) is 84.4 Å². The summed E-state index contributed by atoms with van der Waals surface area (Å²) in [5, 5.41) is 7.39. The summed E-state index contributed by atoms with van der Waals surface area (Å²) in [4.78, 5) is 4.58. The molecule has 0 N–H and O–H groups in total. The maximum absolute atomic E-state index is 5.90. The molecule has 2 aromatic heterocycles. The summed E-state index contributed by atoms with van der Waals surface area (Å²) in [6.45, 7) is 2.18. The van der Waals surface area contributed by atoms with Crippen molar-refractivity contribution in [1.82, 2.24) is 4.40 Å². The number of methoxy groups -OCH3 is 2. The van der Waals surface area contributed by atoms with Crippen LogP contribution in [-0.2, 0) is 0 Å². The van der Waals surface area contributed by atoms with Crippen LogP contribution in [-0.4, -0.2) is 18.6 Å². The van der Waals surface area contributed by atoms with E-state index in [1.165, 1.54) is 48.9 Å². The van der Waals surface area contributed by atoms with E-state index in [0.29, 0.717) is 0 Å². The fourth-order valence-electron chi connectivity index (χ4n) is 8.35. The fraction of sp³-hybridized carbons (Fsp3) is 0.0612. The van der Waals surface area contributed by atoms with Crippen molar-refractivity contribution in [3.8, 4) is 11.5 Å². The summed E-state index contributed by atoms with van der Waals surface area (Å²) in [7, 11) is 3.47. The molecule has 0 atom stereocenters. The zero-order valence-corrected chi connectivity index (χ0v) is 30.3. The minimum atomic E-state index is 0.814. The molecule has 0 aliphatic rings. The molecular formula is C49H37N3O2. The Morgan fingerprint density at radius 3 is 1.63 bits per heavy atom. The average molecular weight is 700 g/mol. The van der Waals surface area contributed by atoms with Crippen molar-refractivity contribution in [1.29, 1.82) is 0 Å². The van der Waals surface area contributed by atoms with Gasteiger partial charge in [0, 0.05) is 44.3 Å². The molecule has 0 aliphatic heterocycles. The highest BCUT2D eigenvalue weighted by molar-refractivity contribution is 6.31. The number of ether oxygens (including phenoxy) is 2. The second-order valence-electron chi connectivity index (χ2n) is 13.8. The quantitative estimate of drug-likeness (QED) is 0.158. The SMILES string of the molecule is COc1ccccc1N(c1ccccc1)c1ccc2cc3c4ccc(N(c5ccccc5)c5ccccc5OC)cc4n4c5ccc(C)cc5c(c2c1)c34. The third-order valence-electron chi connectivity index (χ3n) is 10.7. The van der Waals surface area contributed by atoms with Crippen LogP contribution in [0.5, 0.6) is 11.5 Å². The summed E-state index contributed by atoms with van der Waals surface area (Å²) in [6, 6.07) is 60.4. The predicted octanol–water partition coefficient (Wildman–Crippen LogP) is 13.3. The number of hydrogen-bond acceptors (Lipinski definition) is 4. The molecule has 0 amide bonds. The molecule has 2 heterocycles. The number of benzene rings is 8. The molecular weight excluding hydrogens is 663 g/mol. The van der Waals surface area contributed by atoms with Crippen molar-refractivity contribution in [2.75, 3.05) is 24.0 Å². The number of hydrogen-bond donors (Lipinski definition) is 0. The van der Waals surface area contributed by atoms with Crippen LogP contribution in [0.2, 0.25) is 0 Å². The molecule has 10 aromatic rings. The summed E-state index contributed by atoms with van der Waals surface area (Å²) in [5.41, 5.74) is 11.0. The fourth-order valence-corrected chi connectivity index (χ4v) is 8.35. The van der Waals surface area contributed by atoms with E-state index in [1.54, 1.807) is 14.2 Å². The lowest BCUT2D eigenvalue weighted by molar-refractivity contribution is 0.416. The lowest BCUT2D eigenvalue weighted by Gasteiger charge is -2.27. The highest BCUT2D eigenvalue weighted by Gasteiger charge is 2.24. The maximum Gasteiger partial charge on any atom is 0.142 e. The highest BCUT2D eigenvalue weighted by atomic mass is 16.5. The lowest BCUT2D eigenvalue weighted by atomic mass is 9.98. The van der Waals surface area contributed by atoms with Gasteiger partial charge in [0.05, 0.1) is 42.1 Å². The number of para-hydroxylation sites is 6. The smallest absolute Gasteiger partial charge is 0.142 e. The molecule has 0 bridgehead atoms. The highest BCUT2D eigenvalue weighted by Crippen LogP contribution is 2.48. The zero-order chi connectivity index (χ0) is 36.3. The molecule has 0 radical (unpaired) electrons. The van der Waals surface area contributed by atoms with Gasteiger partial charge < -0.3 is 23.7 Å². The molecule has 54 heavy (non-hydrogen) atoms. The van der Waals surface area contributed by atoms with Gasteiger partial charge in [0.2, 0.25) is 0 Å². The third-order valence-corrected chi connectivity index (χ3v) is 10.7. The van der Waals surface area contributed by atoms with E-state index in [-0.39, 0.29) is 0 Å². The van der Waals surface area contributed by atoms with Gasteiger partial charge in [-0.05, 0) is 109 Å². The summed E-state index contributed by atoms with van der Waals surface area (Å²) < 4.78 is 14.3. The molecule has 0 spiro atoms. The average Bonchev–Trinajstić information content (AvgIpc) is 3.73. The number of rotatable bonds is 8. The van der Waals surface area contributed by atoms with Gasteiger partial charge >= 0.3 is 0 Å². The standard InChI is InChI=1S/C49H37N3O2/c1-32-22-27-42-41(28-32)48-39-30-36(50(34-14-6-4-7-15-34)43-18-10-12-20-46(43)53-2)24-23-33(39)29-40-38-26-25-37(31-45(38)52(42)49(40)48)51(35-16-8-5-9-17-35)44-19-11-13-21-47(44)54-3/h4-31H,1-3H3. The van der Waals surface area contributed by atoms with Crippen LogP contribution < -0.4 is 19.3 Å². The van der Waals surface area contributed by atoms with Gasteiger partial charge in [-0.3, -0.25) is 0 Å². The Balaban J connectivity index is 1.26. The van der Waals surface area contributed by atoms with Crippen molar-refractivity contribution < 1.29 is 9.47 Å². The van der Waals surface area contributed by atoms with Crippen LogP contribution in [0.1, 0.15) is 5.56 Å². The van der Waals surface area contributed by atoms with Gasteiger partial charge in [0.15, 0.2) is 0 Å². The van der Waals surface area contributed by atoms with Crippen LogP contribution in [0, 0.1) is 6.92 Å². The van der Waals surface area contributed by atoms with Crippen molar-refractivity contribution in [2.24, 2.45) is 0 Å². The number of anilines is 6. The van der Waals surface area contributed by atoms with Crippen molar-refractivity contribution >= 4 is 83.0 Å². The molecule has 0 saturated heterocycles. The Morgan fingerprint density at radius 2 is 1.00 bits per heavy atom. The van der Waals surface area contributed by atoms with Crippen LogP contribution >= 0.6 is 0 Å². The first kappa shape index (κ1) is 31.7. The van der Waals surface area contributed by atoms with Gasteiger partial charge in [-0.15, -0.1) is 0 Å². The normalized spacial score (nSPS) is 11.6.